The summed E-state index contributed by atoms with van der Waals surface area (Å²) < 4.78 is 24.4. The van der Waals surface area contributed by atoms with E-state index in [1.165, 1.54) is 6.26 Å². The van der Waals surface area contributed by atoms with Crippen molar-refractivity contribution in [3.63, 3.8) is 0 Å². The van der Waals surface area contributed by atoms with Crippen molar-refractivity contribution in [3.05, 3.63) is 28.8 Å². The SMILES string of the molecule is Cc1c(C(C)(C)C(C)(C)C)ccc(S(C)(=O)=O)c1C1=NOCC1. The van der Waals surface area contributed by atoms with E-state index in [9.17, 15) is 8.42 Å². The summed E-state index contributed by atoms with van der Waals surface area (Å²) in [5.41, 5.74) is 3.52. The number of nitrogens with zero attached hydrogens (tertiary/aromatic N) is 1. The molecule has 1 aliphatic heterocycles. The summed E-state index contributed by atoms with van der Waals surface area (Å²) >= 11 is 0. The van der Waals surface area contributed by atoms with E-state index < -0.39 is 9.84 Å². The quantitative estimate of drug-likeness (QED) is 0.842. The van der Waals surface area contributed by atoms with E-state index >= 15 is 0 Å². The first kappa shape index (κ1) is 18.0. The van der Waals surface area contributed by atoms with E-state index in [1.807, 2.05) is 13.0 Å². The molecule has 0 aliphatic carbocycles. The summed E-state index contributed by atoms with van der Waals surface area (Å²) in [5, 5.41) is 4.08. The van der Waals surface area contributed by atoms with Crippen LogP contribution >= 0.6 is 0 Å². The zero-order chi connectivity index (χ0) is 17.6. The summed E-state index contributed by atoms with van der Waals surface area (Å²) in [4.78, 5) is 5.46. The third kappa shape index (κ3) is 3.16. The molecule has 0 atom stereocenters. The van der Waals surface area contributed by atoms with Crippen molar-refractivity contribution in [2.24, 2.45) is 10.6 Å². The smallest absolute Gasteiger partial charge is 0.176 e. The maximum absolute atomic E-state index is 12.2. The highest BCUT2D eigenvalue weighted by Crippen LogP contribution is 2.43. The first-order valence-corrected chi connectivity index (χ1v) is 9.80. The molecule has 0 saturated carbocycles. The van der Waals surface area contributed by atoms with Crippen LogP contribution in [0.15, 0.2) is 22.2 Å². The second-order valence-corrected chi connectivity index (χ2v) is 9.86. The molecule has 1 heterocycles. The molecule has 5 heteroatoms. The fourth-order valence-electron chi connectivity index (χ4n) is 2.92. The monoisotopic (exact) mass is 337 g/mol. The molecule has 2 rings (SSSR count). The molecule has 0 aromatic heterocycles. The van der Waals surface area contributed by atoms with Gasteiger partial charge in [0, 0.05) is 18.2 Å². The van der Waals surface area contributed by atoms with Crippen molar-refractivity contribution in [3.8, 4) is 0 Å². The minimum Gasteiger partial charge on any atom is -0.395 e. The maximum atomic E-state index is 12.2. The fraction of sp³-hybridized carbons (Fsp3) is 0.611. The number of sulfone groups is 1. The largest absolute Gasteiger partial charge is 0.395 e. The predicted octanol–water partition coefficient (Wildman–Crippen LogP) is 3.85. The average molecular weight is 337 g/mol. The van der Waals surface area contributed by atoms with Crippen LogP contribution in [0.1, 0.15) is 57.7 Å². The van der Waals surface area contributed by atoms with Crippen LogP contribution in [0.3, 0.4) is 0 Å². The Kier molecular flexibility index (Phi) is 4.39. The molecule has 4 nitrogen and oxygen atoms in total. The van der Waals surface area contributed by atoms with E-state index in [0.717, 1.165) is 22.4 Å². The van der Waals surface area contributed by atoms with Crippen LogP contribution in [-0.4, -0.2) is 27.0 Å². The van der Waals surface area contributed by atoms with E-state index in [4.69, 9.17) is 4.84 Å². The molecular weight excluding hydrogens is 310 g/mol. The van der Waals surface area contributed by atoms with E-state index in [-0.39, 0.29) is 10.8 Å². The fourth-order valence-corrected chi connectivity index (χ4v) is 3.87. The van der Waals surface area contributed by atoms with Gasteiger partial charge >= 0.3 is 0 Å². The predicted molar refractivity (Wildman–Crippen MR) is 93.9 cm³/mol. The van der Waals surface area contributed by atoms with Crippen molar-refractivity contribution in [1.29, 1.82) is 0 Å². The number of hydrogen-bond acceptors (Lipinski definition) is 4. The highest BCUT2D eigenvalue weighted by molar-refractivity contribution is 7.90. The van der Waals surface area contributed by atoms with Crippen LogP contribution in [0.2, 0.25) is 0 Å². The lowest BCUT2D eigenvalue weighted by molar-refractivity contribution is 0.174. The van der Waals surface area contributed by atoms with Crippen molar-refractivity contribution in [2.45, 2.75) is 58.3 Å². The summed E-state index contributed by atoms with van der Waals surface area (Å²) in [6, 6.07) is 3.68. The lowest BCUT2D eigenvalue weighted by Gasteiger charge is -2.41. The Bertz CT molecular complexity index is 753. The molecular formula is C18H27NO3S. The Morgan fingerprint density at radius 3 is 2.17 bits per heavy atom. The molecule has 1 aliphatic rings. The molecule has 1 aromatic carbocycles. The maximum Gasteiger partial charge on any atom is 0.176 e. The van der Waals surface area contributed by atoms with Gasteiger partial charge in [0.1, 0.15) is 6.61 Å². The standard InChI is InChI=1S/C18H27NO3S/c1-12-13(18(5,6)17(2,3)4)8-9-15(23(7,20)21)16(12)14-10-11-22-19-14/h8-9H,10-11H2,1-7H3. The summed E-state index contributed by atoms with van der Waals surface area (Å²) in [7, 11) is -3.33. The highest BCUT2D eigenvalue weighted by Gasteiger charge is 2.37. The zero-order valence-electron chi connectivity index (χ0n) is 15.1. The van der Waals surface area contributed by atoms with Gasteiger partial charge in [-0.2, -0.15) is 0 Å². The van der Waals surface area contributed by atoms with Crippen LogP contribution in [0.25, 0.3) is 0 Å². The molecule has 0 spiro atoms. The molecule has 23 heavy (non-hydrogen) atoms. The molecule has 0 fully saturated rings. The summed E-state index contributed by atoms with van der Waals surface area (Å²) in [6.07, 6.45) is 1.89. The van der Waals surface area contributed by atoms with Crippen molar-refractivity contribution < 1.29 is 13.3 Å². The van der Waals surface area contributed by atoms with Crippen LogP contribution < -0.4 is 0 Å². The zero-order valence-corrected chi connectivity index (χ0v) is 16.0. The number of hydrogen-bond donors (Lipinski definition) is 0. The van der Waals surface area contributed by atoms with Gasteiger partial charge in [-0.3, -0.25) is 0 Å². The van der Waals surface area contributed by atoms with Gasteiger partial charge in [-0.25, -0.2) is 8.42 Å². The molecule has 1 aromatic rings. The minimum absolute atomic E-state index is 0.0373. The van der Waals surface area contributed by atoms with Crippen LogP contribution in [0, 0.1) is 12.3 Å². The average Bonchev–Trinajstić information content (AvgIpc) is 2.88. The van der Waals surface area contributed by atoms with Crippen LogP contribution in [-0.2, 0) is 20.1 Å². The Hall–Kier alpha value is -1.36. The highest BCUT2D eigenvalue weighted by atomic mass is 32.2. The first-order chi connectivity index (χ1) is 10.4. The van der Waals surface area contributed by atoms with Crippen LogP contribution in [0.4, 0.5) is 0 Å². The second kappa shape index (κ2) is 5.62. The van der Waals surface area contributed by atoms with Gasteiger partial charge in [0.25, 0.3) is 0 Å². The molecule has 128 valence electrons. The van der Waals surface area contributed by atoms with E-state index in [2.05, 4.69) is 39.8 Å². The van der Waals surface area contributed by atoms with Crippen molar-refractivity contribution in [1.82, 2.24) is 0 Å². The second-order valence-electron chi connectivity index (χ2n) is 7.88. The van der Waals surface area contributed by atoms with E-state index in [1.54, 1.807) is 6.07 Å². The first-order valence-electron chi connectivity index (χ1n) is 7.90. The third-order valence-corrected chi connectivity index (χ3v) is 6.41. The third-order valence-electron chi connectivity index (χ3n) is 5.27. The molecule has 0 N–H and O–H groups in total. The van der Waals surface area contributed by atoms with Gasteiger partial charge in [0.2, 0.25) is 0 Å². The van der Waals surface area contributed by atoms with Crippen molar-refractivity contribution >= 4 is 15.5 Å². The summed E-state index contributed by atoms with van der Waals surface area (Å²) in [6.45, 7) is 13.5. The lowest BCUT2D eigenvalue weighted by atomic mass is 9.64. The van der Waals surface area contributed by atoms with Crippen LogP contribution in [0.5, 0.6) is 0 Å². The van der Waals surface area contributed by atoms with Gasteiger partial charge in [0.05, 0.1) is 10.6 Å². The topological polar surface area (TPSA) is 55.7 Å². The Morgan fingerprint density at radius 2 is 1.74 bits per heavy atom. The number of benzene rings is 1. The normalized spacial score (nSPS) is 16.2. The number of oxime groups is 1. The minimum atomic E-state index is -3.33. The number of rotatable bonds is 3. The molecule has 0 bridgehead atoms. The molecule has 0 amide bonds. The molecule has 0 saturated heterocycles. The van der Waals surface area contributed by atoms with Gasteiger partial charge in [-0.15, -0.1) is 0 Å². The lowest BCUT2D eigenvalue weighted by Crippen LogP contribution is -2.35. The summed E-state index contributed by atoms with van der Waals surface area (Å²) in [5.74, 6) is 0. The van der Waals surface area contributed by atoms with Crippen molar-refractivity contribution in [2.75, 3.05) is 12.9 Å². The Labute approximate surface area is 139 Å². The molecule has 0 unspecified atom stereocenters. The Morgan fingerprint density at radius 1 is 1.13 bits per heavy atom. The van der Waals surface area contributed by atoms with Gasteiger partial charge in [0.15, 0.2) is 9.84 Å². The van der Waals surface area contributed by atoms with Gasteiger partial charge in [-0.1, -0.05) is 45.8 Å². The molecule has 0 radical (unpaired) electrons. The van der Waals surface area contributed by atoms with Gasteiger partial charge < -0.3 is 4.84 Å². The van der Waals surface area contributed by atoms with Gasteiger partial charge in [-0.05, 0) is 34.9 Å². The van der Waals surface area contributed by atoms with E-state index in [0.29, 0.717) is 17.9 Å². The Balaban J connectivity index is 2.79.